The Bertz CT molecular complexity index is 1250. The molecule has 1 aromatic heterocycles. The summed E-state index contributed by atoms with van der Waals surface area (Å²) >= 11 is 1.22. The highest BCUT2D eigenvalue weighted by Gasteiger charge is 2.23. The fourth-order valence-corrected chi connectivity index (χ4v) is 5.11. The van der Waals surface area contributed by atoms with Crippen molar-refractivity contribution in [3.8, 4) is 10.6 Å². The van der Waals surface area contributed by atoms with E-state index in [9.17, 15) is 18.0 Å². The van der Waals surface area contributed by atoms with Gasteiger partial charge in [0.25, 0.3) is 11.8 Å². The summed E-state index contributed by atoms with van der Waals surface area (Å²) in [5.74, 6) is -1.18. The average Bonchev–Trinajstić information content (AvgIpc) is 3.19. The van der Waals surface area contributed by atoms with E-state index in [0.29, 0.717) is 15.6 Å². The zero-order valence-corrected chi connectivity index (χ0v) is 20.5. The number of amides is 2. The van der Waals surface area contributed by atoms with E-state index < -0.39 is 28.4 Å². The van der Waals surface area contributed by atoms with Crippen LogP contribution in [0.2, 0.25) is 0 Å². The van der Waals surface area contributed by atoms with Crippen LogP contribution in [0.3, 0.4) is 0 Å². The van der Waals surface area contributed by atoms with Crippen LogP contribution in [-0.4, -0.2) is 43.1 Å². The van der Waals surface area contributed by atoms with Crippen LogP contribution in [0.25, 0.3) is 10.6 Å². The summed E-state index contributed by atoms with van der Waals surface area (Å²) in [7, 11) is -2.52. The Morgan fingerprint density at radius 2 is 1.64 bits per heavy atom. The second-order valence-corrected chi connectivity index (χ2v) is 10.6. The fraction of sp³-hybridized carbons (Fsp3) is 0.261. The minimum absolute atomic E-state index is 0.0900. The number of benzene rings is 2. The van der Waals surface area contributed by atoms with Crippen molar-refractivity contribution in [2.75, 3.05) is 13.6 Å². The van der Waals surface area contributed by atoms with Gasteiger partial charge in [-0.05, 0) is 38.0 Å². The van der Waals surface area contributed by atoms with Crippen molar-refractivity contribution in [2.45, 2.75) is 32.1 Å². The Balaban J connectivity index is 1.60. The summed E-state index contributed by atoms with van der Waals surface area (Å²) in [5.41, 5.74) is 8.20. The number of carbonyl (C=O) groups excluding carboxylic acids is 2. The van der Waals surface area contributed by atoms with E-state index in [1.165, 1.54) is 36.1 Å². The third-order valence-corrected chi connectivity index (χ3v) is 8.05. The first-order chi connectivity index (χ1) is 15.6. The van der Waals surface area contributed by atoms with Gasteiger partial charge in [-0.25, -0.2) is 13.4 Å². The van der Waals surface area contributed by atoms with Gasteiger partial charge in [-0.2, -0.15) is 4.31 Å². The molecule has 33 heavy (non-hydrogen) atoms. The maximum Gasteiger partial charge on any atom is 0.281 e. The standard InChI is InChI=1S/C23H26N4O4S2/c1-5-17-8-10-18(11-9-17)23-24-16(3)21(32-23)22(29)26-25-20(28)14-27(4)33(30,31)19-12-6-15(2)7-13-19/h6-13H,5,14H2,1-4H3,(H,25,28)(H,26,29). The number of aromatic nitrogens is 1. The van der Waals surface area contributed by atoms with Crippen LogP contribution in [0, 0.1) is 13.8 Å². The van der Waals surface area contributed by atoms with Gasteiger partial charge in [0.05, 0.1) is 17.1 Å². The molecular formula is C23H26N4O4S2. The lowest BCUT2D eigenvalue weighted by molar-refractivity contribution is -0.121. The molecule has 0 saturated carbocycles. The van der Waals surface area contributed by atoms with Crippen molar-refractivity contribution in [1.29, 1.82) is 0 Å². The Labute approximate surface area is 197 Å². The van der Waals surface area contributed by atoms with E-state index in [4.69, 9.17) is 0 Å². The maximum atomic E-state index is 12.6. The molecule has 0 spiro atoms. The second-order valence-electron chi connectivity index (χ2n) is 7.56. The summed E-state index contributed by atoms with van der Waals surface area (Å²) in [6.07, 6.45) is 0.937. The zero-order valence-electron chi connectivity index (χ0n) is 18.9. The van der Waals surface area contributed by atoms with Crippen molar-refractivity contribution in [1.82, 2.24) is 20.1 Å². The molecule has 10 heteroatoms. The summed E-state index contributed by atoms with van der Waals surface area (Å²) in [4.78, 5) is 29.7. The highest BCUT2D eigenvalue weighted by molar-refractivity contribution is 7.89. The molecule has 2 N–H and O–H groups in total. The summed E-state index contributed by atoms with van der Waals surface area (Å²) < 4.78 is 26.2. The number of aryl methyl sites for hydroxylation is 3. The van der Waals surface area contributed by atoms with Crippen LogP contribution in [0.15, 0.2) is 53.4 Å². The molecule has 3 aromatic rings. The summed E-state index contributed by atoms with van der Waals surface area (Å²) in [5, 5.41) is 0.704. The van der Waals surface area contributed by atoms with Crippen molar-refractivity contribution in [2.24, 2.45) is 0 Å². The minimum atomic E-state index is -3.83. The number of rotatable bonds is 7. The molecule has 1 heterocycles. The van der Waals surface area contributed by atoms with Crippen molar-refractivity contribution in [3.63, 3.8) is 0 Å². The number of nitrogens with one attached hydrogen (secondary N) is 2. The third-order valence-electron chi connectivity index (χ3n) is 5.02. The summed E-state index contributed by atoms with van der Waals surface area (Å²) in [6.45, 7) is 5.20. The van der Waals surface area contributed by atoms with Crippen molar-refractivity contribution in [3.05, 3.63) is 70.2 Å². The van der Waals surface area contributed by atoms with Crippen LogP contribution < -0.4 is 10.9 Å². The molecule has 174 valence electrons. The van der Waals surface area contributed by atoms with Gasteiger partial charge in [-0.3, -0.25) is 20.4 Å². The predicted octanol–water partition coefficient (Wildman–Crippen LogP) is 3.07. The Hall–Kier alpha value is -3.08. The minimum Gasteiger partial charge on any atom is -0.272 e. The fourth-order valence-electron chi connectivity index (χ4n) is 3.01. The number of carbonyl (C=O) groups is 2. The van der Waals surface area contributed by atoms with Crippen LogP contribution in [0.1, 0.15) is 33.4 Å². The highest BCUT2D eigenvalue weighted by Crippen LogP contribution is 2.28. The molecule has 3 rings (SSSR count). The lowest BCUT2D eigenvalue weighted by Crippen LogP contribution is -2.46. The highest BCUT2D eigenvalue weighted by atomic mass is 32.2. The predicted molar refractivity (Wildman–Crippen MR) is 128 cm³/mol. The van der Waals surface area contributed by atoms with Crippen LogP contribution in [-0.2, 0) is 21.2 Å². The normalized spacial score (nSPS) is 11.4. The molecule has 8 nitrogen and oxygen atoms in total. The molecule has 0 aliphatic heterocycles. The molecule has 0 unspecified atom stereocenters. The van der Waals surface area contributed by atoms with E-state index in [1.54, 1.807) is 19.1 Å². The van der Waals surface area contributed by atoms with Gasteiger partial charge in [0, 0.05) is 12.6 Å². The van der Waals surface area contributed by atoms with Gasteiger partial charge in [-0.1, -0.05) is 48.9 Å². The molecule has 2 aromatic carbocycles. The van der Waals surface area contributed by atoms with E-state index >= 15 is 0 Å². The monoisotopic (exact) mass is 486 g/mol. The van der Waals surface area contributed by atoms with Gasteiger partial charge in [0.1, 0.15) is 9.88 Å². The smallest absolute Gasteiger partial charge is 0.272 e. The number of hydrogen-bond donors (Lipinski definition) is 2. The number of thiazole rings is 1. The Morgan fingerprint density at radius 1 is 1.00 bits per heavy atom. The average molecular weight is 487 g/mol. The van der Waals surface area contributed by atoms with Crippen molar-refractivity contribution < 1.29 is 18.0 Å². The molecule has 0 atom stereocenters. The van der Waals surface area contributed by atoms with Crippen LogP contribution >= 0.6 is 11.3 Å². The molecule has 0 fully saturated rings. The topological polar surface area (TPSA) is 108 Å². The number of hydrogen-bond acceptors (Lipinski definition) is 6. The molecule has 0 radical (unpaired) electrons. The lowest BCUT2D eigenvalue weighted by Gasteiger charge is -2.17. The quantitative estimate of drug-likeness (QED) is 0.499. The van der Waals surface area contributed by atoms with E-state index in [2.05, 4.69) is 22.8 Å². The number of hydrazine groups is 1. The Morgan fingerprint density at radius 3 is 2.24 bits per heavy atom. The molecule has 0 aliphatic carbocycles. The van der Waals surface area contributed by atoms with Crippen molar-refractivity contribution >= 4 is 33.2 Å². The number of nitrogens with zero attached hydrogens (tertiary/aromatic N) is 2. The largest absolute Gasteiger partial charge is 0.281 e. The second kappa shape index (κ2) is 10.2. The SMILES string of the molecule is CCc1ccc(-c2nc(C)c(C(=O)NNC(=O)CN(C)S(=O)(=O)c3ccc(C)cc3)s2)cc1. The summed E-state index contributed by atoms with van der Waals surface area (Å²) in [6, 6.07) is 14.3. The lowest BCUT2D eigenvalue weighted by atomic mass is 10.1. The zero-order chi connectivity index (χ0) is 24.2. The van der Waals surface area contributed by atoms with Gasteiger partial charge in [0.2, 0.25) is 10.0 Å². The van der Waals surface area contributed by atoms with E-state index in [1.807, 2.05) is 31.2 Å². The molecule has 0 saturated heterocycles. The Kier molecular flexibility index (Phi) is 7.62. The number of sulfonamides is 1. The molecule has 2 amide bonds. The molecular weight excluding hydrogens is 460 g/mol. The first kappa shape index (κ1) is 24.6. The molecule has 0 aliphatic rings. The van der Waals surface area contributed by atoms with E-state index in [0.717, 1.165) is 21.9 Å². The van der Waals surface area contributed by atoms with Gasteiger partial charge in [-0.15, -0.1) is 11.3 Å². The third kappa shape index (κ3) is 5.84. The first-order valence-electron chi connectivity index (χ1n) is 10.3. The van der Waals surface area contributed by atoms with Crippen LogP contribution in [0.5, 0.6) is 0 Å². The first-order valence-corrected chi connectivity index (χ1v) is 12.6. The maximum absolute atomic E-state index is 12.6. The van der Waals surface area contributed by atoms with E-state index in [-0.39, 0.29) is 4.90 Å². The van der Waals surface area contributed by atoms with Gasteiger partial charge >= 0.3 is 0 Å². The van der Waals surface area contributed by atoms with Crippen LogP contribution in [0.4, 0.5) is 0 Å². The van der Waals surface area contributed by atoms with Gasteiger partial charge in [0.15, 0.2) is 0 Å². The number of likely N-dealkylation sites (N-methyl/N-ethyl adjacent to an activating group) is 1. The van der Waals surface area contributed by atoms with Gasteiger partial charge < -0.3 is 0 Å². The molecule has 0 bridgehead atoms.